The Balaban J connectivity index is 1.79. The number of carbonyl (C=O) groups is 1. The molecule has 0 spiro atoms. The lowest BCUT2D eigenvalue weighted by molar-refractivity contribution is 0.242. The molecular weight excluding hydrogens is 204 g/mol. The molecule has 1 amide bonds. The van der Waals surface area contributed by atoms with Crippen LogP contribution in [0.1, 0.15) is 5.56 Å². The van der Waals surface area contributed by atoms with E-state index in [2.05, 4.69) is 15.3 Å². The number of nitrogens with one attached hydrogen (secondary N) is 1. The number of pyridine rings is 1. The topological polar surface area (TPSA) is 59.8 Å². The van der Waals surface area contributed by atoms with E-state index in [4.69, 9.17) is 0 Å². The second kappa shape index (κ2) is 5.06. The maximum Gasteiger partial charge on any atom is 0.326 e. The van der Waals surface area contributed by atoms with Crippen molar-refractivity contribution in [2.75, 3.05) is 6.54 Å². The summed E-state index contributed by atoms with van der Waals surface area (Å²) in [5.41, 5.74) is 1.11. The fraction of sp³-hybridized carbons (Fsp3) is 0.182. The van der Waals surface area contributed by atoms with Crippen molar-refractivity contribution in [3.8, 4) is 0 Å². The minimum atomic E-state index is -0.165. The summed E-state index contributed by atoms with van der Waals surface area (Å²) < 4.78 is 1.41. The Morgan fingerprint density at radius 3 is 3.00 bits per heavy atom. The number of nitrogens with zero attached hydrogens (tertiary/aromatic N) is 3. The zero-order valence-electron chi connectivity index (χ0n) is 8.71. The lowest BCUT2D eigenvalue weighted by Gasteiger charge is -2.04. The van der Waals surface area contributed by atoms with E-state index in [1.54, 1.807) is 24.8 Å². The SMILES string of the molecule is O=C(NCCc1cccnc1)n1ccnc1. The molecule has 0 aliphatic heterocycles. The molecule has 0 radical (unpaired) electrons. The predicted octanol–water partition coefficient (Wildman–Crippen LogP) is 1.08. The maximum absolute atomic E-state index is 11.5. The van der Waals surface area contributed by atoms with Gasteiger partial charge in [0.05, 0.1) is 0 Å². The van der Waals surface area contributed by atoms with Crippen molar-refractivity contribution < 1.29 is 4.79 Å². The number of amides is 1. The van der Waals surface area contributed by atoms with Crippen molar-refractivity contribution in [3.63, 3.8) is 0 Å². The molecular formula is C11H12N4O. The summed E-state index contributed by atoms with van der Waals surface area (Å²) in [6.07, 6.45) is 8.95. The van der Waals surface area contributed by atoms with Crippen LogP contribution in [0.5, 0.6) is 0 Å². The van der Waals surface area contributed by atoms with E-state index in [0.717, 1.165) is 12.0 Å². The van der Waals surface area contributed by atoms with Gasteiger partial charge >= 0.3 is 6.03 Å². The molecule has 2 rings (SSSR count). The fourth-order valence-electron chi connectivity index (χ4n) is 1.33. The summed E-state index contributed by atoms with van der Waals surface area (Å²) in [6.45, 7) is 0.586. The molecule has 0 aliphatic carbocycles. The Hall–Kier alpha value is -2.17. The molecule has 2 aromatic rings. The molecule has 0 aromatic carbocycles. The van der Waals surface area contributed by atoms with Gasteiger partial charge in [0.1, 0.15) is 6.33 Å². The van der Waals surface area contributed by atoms with E-state index < -0.39 is 0 Å². The van der Waals surface area contributed by atoms with Gasteiger partial charge in [0, 0.05) is 31.3 Å². The average molecular weight is 216 g/mol. The molecule has 5 nitrogen and oxygen atoms in total. The molecule has 0 unspecified atom stereocenters. The highest BCUT2D eigenvalue weighted by molar-refractivity contribution is 5.76. The van der Waals surface area contributed by atoms with Gasteiger partial charge in [0.15, 0.2) is 0 Å². The molecule has 1 N–H and O–H groups in total. The first kappa shape index (κ1) is 10.4. The molecule has 0 aliphatic rings. The van der Waals surface area contributed by atoms with Crippen LogP contribution in [0.2, 0.25) is 0 Å². The smallest absolute Gasteiger partial charge is 0.326 e. The van der Waals surface area contributed by atoms with Gasteiger partial charge < -0.3 is 5.32 Å². The van der Waals surface area contributed by atoms with Crippen molar-refractivity contribution in [1.82, 2.24) is 19.9 Å². The summed E-state index contributed by atoms with van der Waals surface area (Å²) in [4.78, 5) is 19.3. The van der Waals surface area contributed by atoms with Gasteiger partial charge in [-0.05, 0) is 18.1 Å². The average Bonchev–Trinajstić information content (AvgIpc) is 2.84. The number of hydrogen-bond donors (Lipinski definition) is 1. The van der Waals surface area contributed by atoms with Crippen molar-refractivity contribution in [2.45, 2.75) is 6.42 Å². The van der Waals surface area contributed by atoms with Crippen LogP contribution in [0.3, 0.4) is 0 Å². The zero-order chi connectivity index (χ0) is 11.2. The van der Waals surface area contributed by atoms with E-state index in [1.165, 1.54) is 10.9 Å². The molecule has 82 valence electrons. The largest absolute Gasteiger partial charge is 0.337 e. The zero-order valence-corrected chi connectivity index (χ0v) is 8.71. The molecule has 0 fully saturated rings. The Bertz CT molecular complexity index is 438. The Labute approximate surface area is 93.2 Å². The third-order valence-corrected chi connectivity index (χ3v) is 2.15. The number of rotatable bonds is 3. The van der Waals surface area contributed by atoms with Gasteiger partial charge in [-0.1, -0.05) is 6.07 Å². The highest BCUT2D eigenvalue weighted by Crippen LogP contribution is 1.95. The van der Waals surface area contributed by atoms with Gasteiger partial charge in [0.25, 0.3) is 0 Å². The number of aromatic nitrogens is 3. The monoisotopic (exact) mass is 216 g/mol. The van der Waals surface area contributed by atoms with Crippen LogP contribution < -0.4 is 5.32 Å². The summed E-state index contributed by atoms with van der Waals surface area (Å²) in [5, 5.41) is 2.79. The van der Waals surface area contributed by atoms with Gasteiger partial charge in [-0.2, -0.15) is 0 Å². The number of imidazole rings is 1. The highest BCUT2D eigenvalue weighted by atomic mass is 16.2. The van der Waals surface area contributed by atoms with E-state index in [-0.39, 0.29) is 6.03 Å². The molecule has 0 bridgehead atoms. The first-order valence-corrected chi connectivity index (χ1v) is 5.01. The van der Waals surface area contributed by atoms with Crippen LogP contribution in [-0.2, 0) is 6.42 Å². The summed E-state index contributed by atoms with van der Waals surface area (Å²) in [7, 11) is 0. The first-order valence-electron chi connectivity index (χ1n) is 5.01. The Morgan fingerprint density at radius 2 is 2.31 bits per heavy atom. The third kappa shape index (κ3) is 2.66. The van der Waals surface area contributed by atoms with Crippen LogP contribution in [-0.4, -0.2) is 27.1 Å². The van der Waals surface area contributed by atoms with Crippen LogP contribution in [0.25, 0.3) is 0 Å². The molecule has 2 heterocycles. The fourth-order valence-corrected chi connectivity index (χ4v) is 1.33. The van der Waals surface area contributed by atoms with E-state index >= 15 is 0 Å². The van der Waals surface area contributed by atoms with Crippen LogP contribution in [0, 0.1) is 0 Å². The quantitative estimate of drug-likeness (QED) is 0.835. The third-order valence-electron chi connectivity index (χ3n) is 2.15. The number of carbonyl (C=O) groups excluding carboxylic acids is 1. The molecule has 2 aromatic heterocycles. The van der Waals surface area contributed by atoms with Crippen LogP contribution in [0.4, 0.5) is 4.79 Å². The van der Waals surface area contributed by atoms with E-state index in [0.29, 0.717) is 6.54 Å². The van der Waals surface area contributed by atoms with Crippen molar-refractivity contribution in [2.24, 2.45) is 0 Å². The molecule has 5 heteroatoms. The second-order valence-electron chi connectivity index (χ2n) is 3.31. The van der Waals surface area contributed by atoms with Crippen LogP contribution >= 0.6 is 0 Å². The second-order valence-corrected chi connectivity index (χ2v) is 3.31. The van der Waals surface area contributed by atoms with Crippen molar-refractivity contribution in [1.29, 1.82) is 0 Å². The lowest BCUT2D eigenvalue weighted by atomic mass is 10.2. The highest BCUT2D eigenvalue weighted by Gasteiger charge is 2.01. The minimum Gasteiger partial charge on any atom is -0.337 e. The van der Waals surface area contributed by atoms with Gasteiger partial charge in [-0.25, -0.2) is 9.78 Å². The lowest BCUT2D eigenvalue weighted by Crippen LogP contribution is -2.29. The maximum atomic E-state index is 11.5. The molecule has 0 saturated heterocycles. The van der Waals surface area contributed by atoms with E-state index in [9.17, 15) is 4.79 Å². The van der Waals surface area contributed by atoms with E-state index in [1.807, 2.05) is 12.1 Å². The van der Waals surface area contributed by atoms with Gasteiger partial charge in [0.2, 0.25) is 0 Å². The minimum absolute atomic E-state index is 0.165. The molecule has 16 heavy (non-hydrogen) atoms. The summed E-state index contributed by atoms with van der Waals surface area (Å²) in [6, 6.07) is 3.70. The Kier molecular flexibility index (Phi) is 3.28. The first-order chi connectivity index (χ1) is 7.86. The summed E-state index contributed by atoms with van der Waals surface area (Å²) in [5.74, 6) is 0. The molecule has 0 saturated carbocycles. The van der Waals surface area contributed by atoms with Gasteiger partial charge in [-0.3, -0.25) is 9.55 Å². The number of hydrogen-bond acceptors (Lipinski definition) is 3. The normalized spacial score (nSPS) is 10.0. The van der Waals surface area contributed by atoms with Crippen molar-refractivity contribution in [3.05, 3.63) is 48.8 Å². The molecule has 0 atom stereocenters. The predicted molar refractivity (Wildman–Crippen MR) is 59.0 cm³/mol. The standard InChI is InChI=1S/C11H12N4O/c16-11(15-7-6-13-9-15)14-5-3-10-2-1-4-12-8-10/h1-2,4,6-9H,3,5H2,(H,14,16). The Morgan fingerprint density at radius 1 is 1.38 bits per heavy atom. The van der Waals surface area contributed by atoms with Gasteiger partial charge in [-0.15, -0.1) is 0 Å². The summed E-state index contributed by atoms with van der Waals surface area (Å²) >= 11 is 0. The van der Waals surface area contributed by atoms with Crippen molar-refractivity contribution >= 4 is 6.03 Å². The van der Waals surface area contributed by atoms with Crippen LogP contribution in [0.15, 0.2) is 43.2 Å².